The molecule has 2 aliphatic heterocycles. The van der Waals surface area contributed by atoms with Crippen LogP contribution in [0.25, 0.3) is 11.0 Å². The molecule has 0 N–H and O–H groups in total. The molecule has 8 heteroatoms. The van der Waals surface area contributed by atoms with Crippen LogP contribution in [0.2, 0.25) is 0 Å². The maximum Gasteiger partial charge on any atom is 0.254 e. The number of ether oxygens (including phenoxy) is 1. The fraction of sp³-hybridized carbons (Fsp3) is 0.333. The number of rotatable bonds is 2. The number of amides is 2. The summed E-state index contributed by atoms with van der Waals surface area (Å²) in [5.41, 5.74) is 4.54. The van der Waals surface area contributed by atoms with Gasteiger partial charge in [-0.15, -0.1) is 0 Å². The zero-order valence-electron chi connectivity index (χ0n) is 15.8. The van der Waals surface area contributed by atoms with Gasteiger partial charge in [0.1, 0.15) is 11.0 Å². The summed E-state index contributed by atoms with van der Waals surface area (Å²) in [7, 11) is 0. The smallest absolute Gasteiger partial charge is 0.254 e. The SMILES string of the molecule is O=C(c1ccc2nsnc2c1)N1CCO[C@@H](C(=O)N2CCc3ccccc3C2)C1. The molecule has 3 heterocycles. The van der Waals surface area contributed by atoms with Gasteiger partial charge in [-0.25, -0.2) is 0 Å². The molecule has 148 valence electrons. The summed E-state index contributed by atoms with van der Waals surface area (Å²) in [4.78, 5) is 29.6. The van der Waals surface area contributed by atoms with E-state index in [0.29, 0.717) is 37.3 Å². The Balaban J connectivity index is 1.29. The van der Waals surface area contributed by atoms with Crippen molar-refractivity contribution in [3.05, 3.63) is 59.2 Å². The molecule has 0 unspecified atom stereocenters. The molecule has 1 saturated heterocycles. The van der Waals surface area contributed by atoms with Gasteiger partial charge in [-0.1, -0.05) is 24.3 Å². The van der Waals surface area contributed by atoms with Crippen LogP contribution in [0, 0.1) is 0 Å². The second-order valence-electron chi connectivity index (χ2n) is 7.36. The number of fused-ring (bicyclic) bond motifs is 2. The molecular formula is C21H20N4O3S. The fourth-order valence-corrected chi connectivity index (χ4v) is 4.49. The van der Waals surface area contributed by atoms with Crippen molar-refractivity contribution >= 4 is 34.6 Å². The van der Waals surface area contributed by atoms with E-state index in [4.69, 9.17) is 4.74 Å². The minimum Gasteiger partial charge on any atom is -0.365 e. The molecule has 0 spiro atoms. The lowest BCUT2D eigenvalue weighted by Crippen LogP contribution is -2.53. The van der Waals surface area contributed by atoms with Crippen LogP contribution in [0.3, 0.4) is 0 Å². The molecule has 2 aromatic carbocycles. The van der Waals surface area contributed by atoms with E-state index in [2.05, 4.69) is 20.9 Å². The number of hydrogen-bond donors (Lipinski definition) is 0. The van der Waals surface area contributed by atoms with Gasteiger partial charge in [0, 0.05) is 25.2 Å². The van der Waals surface area contributed by atoms with E-state index in [9.17, 15) is 9.59 Å². The van der Waals surface area contributed by atoms with Gasteiger partial charge in [-0.2, -0.15) is 8.75 Å². The number of benzene rings is 2. The summed E-state index contributed by atoms with van der Waals surface area (Å²) in [5.74, 6) is -0.152. The average Bonchev–Trinajstić information content (AvgIpc) is 3.26. The molecule has 29 heavy (non-hydrogen) atoms. The molecule has 1 fully saturated rings. The van der Waals surface area contributed by atoms with Gasteiger partial charge in [0.2, 0.25) is 0 Å². The number of carbonyl (C=O) groups excluding carboxylic acids is 2. The average molecular weight is 408 g/mol. The molecule has 2 aliphatic rings. The normalized spacial score (nSPS) is 19.2. The predicted molar refractivity (Wildman–Crippen MR) is 109 cm³/mol. The van der Waals surface area contributed by atoms with E-state index in [1.54, 1.807) is 23.1 Å². The van der Waals surface area contributed by atoms with Crippen LogP contribution >= 0.6 is 11.7 Å². The first kappa shape index (κ1) is 18.2. The standard InChI is InChI=1S/C21H20N4O3S/c26-20(15-5-6-17-18(11-15)23-29-22-17)25-9-10-28-19(13-25)21(27)24-8-7-14-3-1-2-4-16(14)12-24/h1-6,11,19H,7-10,12-13H2/t19-/m1/s1. The maximum absolute atomic E-state index is 13.1. The van der Waals surface area contributed by atoms with Gasteiger partial charge >= 0.3 is 0 Å². The second-order valence-corrected chi connectivity index (χ2v) is 7.89. The molecule has 0 bridgehead atoms. The number of hydrogen-bond acceptors (Lipinski definition) is 6. The summed E-state index contributed by atoms with van der Waals surface area (Å²) in [5, 5.41) is 0. The van der Waals surface area contributed by atoms with Crippen LogP contribution in [0.1, 0.15) is 21.5 Å². The summed E-state index contributed by atoms with van der Waals surface area (Å²) >= 11 is 1.13. The van der Waals surface area contributed by atoms with Crippen molar-refractivity contribution in [3.63, 3.8) is 0 Å². The molecular weight excluding hydrogens is 388 g/mol. The summed E-state index contributed by atoms with van der Waals surface area (Å²) in [6, 6.07) is 13.5. The number of nitrogens with zero attached hydrogens (tertiary/aromatic N) is 4. The number of carbonyl (C=O) groups is 2. The Morgan fingerprint density at radius 1 is 1.00 bits per heavy atom. The molecule has 0 radical (unpaired) electrons. The number of morpholine rings is 1. The van der Waals surface area contributed by atoms with Crippen molar-refractivity contribution in [3.8, 4) is 0 Å². The second kappa shape index (κ2) is 7.53. The van der Waals surface area contributed by atoms with E-state index in [1.807, 2.05) is 17.0 Å². The first-order valence-electron chi connectivity index (χ1n) is 9.68. The highest BCUT2D eigenvalue weighted by Crippen LogP contribution is 2.21. The van der Waals surface area contributed by atoms with Gasteiger partial charge in [0.25, 0.3) is 11.8 Å². The maximum atomic E-state index is 13.1. The van der Waals surface area contributed by atoms with E-state index in [0.717, 1.165) is 23.7 Å². The van der Waals surface area contributed by atoms with Crippen LogP contribution in [-0.4, -0.2) is 62.7 Å². The first-order chi connectivity index (χ1) is 14.2. The molecule has 7 nitrogen and oxygen atoms in total. The molecule has 1 aromatic heterocycles. The Hall–Kier alpha value is -2.84. The molecule has 0 aliphatic carbocycles. The Bertz CT molecular complexity index is 1080. The number of aromatic nitrogens is 2. The van der Waals surface area contributed by atoms with Crippen molar-refractivity contribution in [1.29, 1.82) is 0 Å². The van der Waals surface area contributed by atoms with Crippen LogP contribution in [0.15, 0.2) is 42.5 Å². The third-order valence-electron chi connectivity index (χ3n) is 5.57. The molecule has 1 atom stereocenters. The Labute approximate surface area is 172 Å². The van der Waals surface area contributed by atoms with Crippen molar-refractivity contribution < 1.29 is 14.3 Å². The third-order valence-corrected chi connectivity index (χ3v) is 6.13. The van der Waals surface area contributed by atoms with Crippen molar-refractivity contribution in [2.45, 2.75) is 19.1 Å². The van der Waals surface area contributed by atoms with Crippen LogP contribution < -0.4 is 0 Å². The van der Waals surface area contributed by atoms with Gasteiger partial charge in [-0.05, 0) is 35.7 Å². The molecule has 0 saturated carbocycles. The van der Waals surface area contributed by atoms with Gasteiger partial charge in [-0.3, -0.25) is 9.59 Å². The predicted octanol–water partition coefficient (Wildman–Crippen LogP) is 2.12. The summed E-state index contributed by atoms with van der Waals surface area (Å²) in [6.45, 7) is 2.36. The molecule has 5 rings (SSSR count). The van der Waals surface area contributed by atoms with E-state index < -0.39 is 6.10 Å². The Morgan fingerprint density at radius 3 is 2.72 bits per heavy atom. The van der Waals surface area contributed by atoms with Crippen LogP contribution in [0.5, 0.6) is 0 Å². The lowest BCUT2D eigenvalue weighted by molar-refractivity contribution is -0.149. The highest BCUT2D eigenvalue weighted by atomic mass is 32.1. The largest absolute Gasteiger partial charge is 0.365 e. The van der Waals surface area contributed by atoms with Gasteiger partial charge in [0.05, 0.1) is 24.9 Å². The minimum atomic E-state index is -0.623. The first-order valence-corrected chi connectivity index (χ1v) is 10.4. The lowest BCUT2D eigenvalue weighted by Gasteiger charge is -2.36. The van der Waals surface area contributed by atoms with Crippen molar-refractivity contribution in [2.24, 2.45) is 0 Å². The summed E-state index contributed by atoms with van der Waals surface area (Å²) in [6.07, 6.45) is 0.224. The minimum absolute atomic E-state index is 0.0452. The highest BCUT2D eigenvalue weighted by molar-refractivity contribution is 7.00. The quantitative estimate of drug-likeness (QED) is 0.649. The van der Waals surface area contributed by atoms with E-state index >= 15 is 0 Å². The van der Waals surface area contributed by atoms with Gasteiger partial charge < -0.3 is 14.5 Å². The van der Waals surface area contributed by atoms with Crippen LogP contribution in [-0.2, 0) is 22.5 Å². The summed E-state index contributed by atoms with van der Waals surface area (Å²) < 4.78 is 14.1. The monoisotopic (exact) mass is 408 g/mol. The zero-order valence-corrected chi connectivity index (χ0v) is 16.6. The molecule has 2 amide bonds. The molecule has 3 aromatic rings. The van der Waals surface area contributed by atoms with Crippen molar-refractivity contribution in [2.75, 3.05) is 26.2 Å². The van der Waals surface area contributed by atoms with E-state index in [-0.39, 0.29) is 18.4 Å². The van der Waals surface area contributed by atoms with Crippen LogP contribution in [0.4, 0.5) is 0 Å². The lowest BCUT2D eigenvalue weighted by atomic mass is 9.99. The Morgan fingerprint density at radius 2 is 1.83 bits per heavy atom. The third kappa shape index (κ3) is 3.49. The van der Waals surface area contributed by atoms with Crippen molar-refractivity contribution in [1.82, 2.24) is 18.5 Å². The zero-order chi connectivity index (χ0) is 19.8. The topological polar surface area (TPSA) is 75.6 Å². The fourth-order valence-electron chi connectivity index (χ4n) is 3.97. The van der Waals surface area contributed by atoms with Gasteiger partial charge in [0.15, 0.2) is 6.10 Å². The Kier molecular flexibility index (Phi) is 4.73. The van der Waals surface area contributed by atoms with E-state index in [1.165, 1.54) is 11.1 Å². The highest BCUT2D eigenvalue weighted by Gasteiger charge is 2.33.